The van der Waals surface area contributed by atoms with Crippen LogP contribution in [0.25, 0.3) is 0 Å². The first-order valence-corrected chi connectivity index (χ1v) is 6.74. The Morgan fingerprint density at radius 2 is 2.05 bits per heavy atom. The zero-order valence-electron chi connectivity index (χ0n) is 11.2. The van der Waals surface area contributed by atoms with E-state index < -0.39 is 12.8 Å². The predicted molar refractivity (Wildman–Crippen MR) is 71.9 cm³/mol. The molecule has 0 aliphatic carbocycles. The van der Waals surface area contributed by atoms with Crippen molar-refractivity contribution in [3.8, 4) is 0 Å². The molecule has 0 spiro atoms. The van der Waals surface area contributed by atoms with Crippen molar-refractivity contribution in [1.82, 2.24) is 5.32 Å². The molecule has 0 bridgehead atoms. The first-order chi connectivity index (χ1) is 9.56. The molecule has 20 heavy (non-hydrogen) atoms. The van der Waals surface area contributed by atoms with E-state index in [9.17, 15) is 13.2 Å². The Morgan fingerprint density at radius 3 is 2.85 bits per heavy atom. The molecule has 1 aromatic carbocycles. The molecule has 6 heteroatoms. The maximum Gasteiger partial charge on any atom is 0.411 e. The van der Waals surface area contributed by atoms with Crippen LogP contribution in [0.3, 0.4) is 0 Å². The molecule has 0 saturated carbocycles. The number of hydrogen-bond acceptors (Lipinski definition) is 3. The average molecular weight is 288 g/mol. The molecule has 2 rings (SSSR count). The van der Waals surface area contributed by atoms with Crippen LogP contribution in [-0.2, 0) is 11.3 Å². The minimum atomic E-state index is -4.24. The van der Waals surface area contributed by atoms with Crippen molar-refractivity contribution in [3.05, 3.63) is 29.8 Å². The van der Waals surface area contributed by atoms with Crippen molar-refractivity contribution in [2.24, 2.45) is 0 Å². The highest BCUT2D eigenvalue weighted by Crippen LogP contribution is 2.22. The number of anilines is 1. The van der Waals surface area contributed by atoms with Crippen LogP contribution in [0.2, 0.25) is 0 Å². The highest BCUT2D eigenvalue weighted by Gasteiger charge is 2.27. The number of nitrogens with zero attached hydrogens (tertiary/aromatic N) is 1. The van der Waals surface area contributed by atoms with Gasteiger partial charge in [0.1, 0.15) is 6.61 Å². The van der Waals surface area contributed by atoms with Crippen molar-refractivity contribution in [2.75, 3.05) is 37.7 Å². The highest BCUT2D eigenvalue weighted by molar-refractivity contribution is 5.54. The third kappa shape index (κ3) is 4.68. The topological polar surface area (TPSA) is 24.5 Å². The Labute approximate surface area is 116 Å². The molecule has 0 fully saturated rings. The lowest BCUT2D eigenvalue weighted by atomic mass is 10.1. The van der Waals surface area contributed by atoms with E-state index in [0.717, 1.165) is 25.3 Å². The minimum absolute atomic E-state index is 0.131. The third-order valence-corrected chi connectivity index (χ3v) is 3.19. The van der Waals surface area contributed by atoms with E-state index in [0.29, 0.717) is 13.0 Å². The van der Waals surface area contributed by atoms with E-state index in [1.165, 1.54) is 5.56 Å². The molecule has 0 amide bonds. The molecule has 0 aromatic heterocycles. The van der Waals surface area contributed by atoms with Gasteiger partial charge in [-0.2, -0.15) is 13.2 Å². The fourth-order valence-corrected chi connectivity index (χ4v) is 2.30. The number of para-hydroxylation sites is 1. The van der Waals surface area contributed by atoms with E-state index in [4.69, 9.17) is 0 Å². The summed E-state index contributed by atoms with van der Waals surface area (Å²) in [5.74, 6) is 0. The SMILES string of the molecule is FC(F)(F)COCCCN1CCNCc2ccccc21. The Kier molecular flexibility index (Phi) is 5.25. The number of benzene rings is 1. The lowest BCUT2D eigenvalue weighted by molar-refractivity contribution is -0.173. The summed E-state index contributed by atoms with van der Waals surface area (Å²) in [7, 11) is 0. The van der Waals surface area contributed by atoms with Gasteiger partial charge < -0.3 is 15.0 Å². The third-order valence-electron chi connectivity index (χ3n) is 3.19. The van der Waals surface area contributed by atoms with Crippen LogP contribution >= 0.6 is 0 Å². The van der Waals surface area contributed by atoms with Gasteiger partial charge in [-0.25, -0.2) is 0 Å². The molecule has 1 N–H and O–H groups in total. The van der Waals surface area contributed by atoms with Crippen LogP contribution < -0.4 is 10.2 Å². The molecule has 0 unspecified atom stereocenters. The molecular formula is C14H19F3N2O. The van der Waals surface area contributed by atoms with Crippen LogP contribution in [0, 0.1) is 0 Å². The summed E-state index contributed by atoms with van der Waals surface area (Å²) in [4.78, 5) is 2.20. The smallest absolute Gasteiger partial charge is 0.372 e. The molecular weight excluding hydrogens is 269 g/mol. The van der Waals surface area contributed by atoms with Gasteiger partial charge in [0.15, 0.2) is 0 Å². The average Bonchev–Trinajstić information content (AvgIpc) is 2.60. The predicted octanol–water partition coefficient (Wildman–Crippen LogP) is 2.57. The summed E-state index contributed by atoms with van der Waals surface area (Å²) in [6.45, 7) is 2.24. The van der Waals surface area contributed by atoms with E-state index >= 15 is 0 Å². The van der Waals surface area contributed by atoms with Gasteiger partial charge in [0.25, 0.3) is 0 Å². The maximum atomic E-state index is 11.9. The number of fused-ring (bicyclic) bond motifs is 1. The molecule has 1 aromatic rings. The number of ether oxygens (including phenoxy) is 1. The number of hydrogen-bond donors (Lipinski definition) is 1. The highest BCUT2D eigenvalue weighted by atomic mass is 19.4. The number of rotatable bonds is 5. The van der Waals surface area contributed by atoms with Crippen molar-refractivity contribution in [2.45, 2.75) is 19.1 Å². The fraction of sp³-hybridized carbons (Fsp3) is 0.571. The summed E-state index contributed by atoms with van der Waals surface area (Å²) < 4.78 is 40.5. The van der Waals surface area contributed by atoms with Crippen molar-refractivity contribution in [3.63, 3.8) is 0 Å². The van der Waals surface area contributed by atoms with Gasteiger partial charge in [-0.15, -0.1) is 0 Å². The van der Waals surface area contributed by atoms with Gasteiger partial charge in [0.05, 0.1) is 0 Å². The first-order valence-electron chi connectivity index (χ1n) is 6.74. The van der Waals surface area contributed by atoms with Crippen LogP contribution in [0.5, 0.6) is 0 Å². The van der Waals surface area contributed by atoms with E-state index in [1.807, 2.05) is 12.1 Å². The second kappa shape index (κ2) is 6.95. The maximum absolute atomic E-state index is 11.9. The van der Waals surface area contributed by atoms with Crippen LogP contribution in [0.1, 0.15) is 12.0 Å². The number of halogens is 3. The van der Waals surface area contributed by atoms with Gasteiger partial charge in [0.2, 0.25) is 0 Å². The van der Waals surface area contributed by atoms with Crippen LogP contribution in [0.15, 0.2) is 24.3 Å². The summed E-state index contributed by atoms with van der Waals surface area (Å²) in [5, 5.41) is 3.33. The van der Waals surface area contributed by atoms with Crippen LogP contribution in [-0.4, -0.2) is 39.0 Å². The Hall–Kier alpha value is -1.27. The Bertz CT molecular complexity index is 423. The first kappa shape index (κ1) is 15.1. The molecule has 1 aliphatic heterocycles. The zero-order chi connectivity index (χ0) is 14.4. The van der Waals surface area contributed by atoms with E-state index in [2.05, 4.69) is 27.1 Å². The lowest BCUT2D eigenvalue weighted by Gasteiger charge is -2.24. The molecule has 1 heterocycles. The normalized spacial score (nSPS) is 15.8. The van der Waals surface area contributed by atoms with Gasteiger partial charge in [-0.1, -0.05) is 18.2 Å². The van der Waals surface area contributed by atoms with Crippen molar-refractivity contribution >= 4 is 5.69 Å². The minimum Gasteiger partial charge on any atom is -0.372 e. The summed E-state index contributed by atoms with van der Waals surface area (Å²) in [6.07, 6.45) is -3.65. The quantitative estimate of drug-likeness (QED) is 0.843. The van der Waals surface area contributed by atoms with E-state index in [1.54, 1.807) is 0 Å². The van der Waals surface area contributed by atoms with Gasteiger partial charge in [0, 0.05) is 38.5 Å². The molecule has 0 saturated heterocycles. The Morgan fingerprint density at radius 1 is 1.25 bits per heavy atom. The van der Waals surface area contributed by atoms with Crippen molar-refractivity contribution < 1.29 is 17.9 Å². The van der Waals surface area contributed by atoms with Crippen LogP contribution in [0.4, 0.5) is 18.9 Å². The summed E-state index contributed by atoms with van der Waals surface area (Å²) >= 11 is 0. The molecule has 3 nitrogen and oxygen atoms in total. The largest absolute Gasteiger partial charge is 0.411 e. The molecule has 1 aliphatic rings. The standard InChI is InChI=1S/C14H19F3N2O/c15-14(16,17)11-20-9-3-7-19-8-6-18-10-12-4-1-2-5-13(12)19/h1-2,4-5,18H,3,6-11H2. The van der Waals surface area contributed by atoms with Gasteiger partial charge in [-0.3, -0.25) is 0 Å². The second-order valence-corrected chi connectivity index (χ2v) is 4.81. The monoisotopic (exact) mass is 288 g/mol. The number of nitrogens with one attached hydrogen (secondary N) is 1. The van der Waals surface area contributed by atoms with Gasteiger partial charge >= 0.3 is 6.18 Å². The molecule has 0 radical (unpaired) electrons. The molecule has 112 valence electrons. The second-order valence-electron chi connectivity index (χ2n) is 4.81. The summed E-state index contributed by atoms with van der Waals surface area (Å²) in [6, 6.07) is 8.10. The van der Waals surface area contributed by atoms with Crippen molar-refractivity contribution in [1.29, 1.82) is 0 Å². The lowest BCUT2D eigenvalue weighted by Crippen LogP contribution is -2.30. The number of alkyl halides is 3. The fourth-order valence-electron chi connectivity index (χ4n) is 2.30. The zero-order valence-corrected chi connectivity index (χ0v) is 11.2. The molecule has 0 atom stereocenters. The Balaban J connectivity index is 1.81. The van der Waals surface area contributed by atoms with Gasteiger partial charge in [-0.05, 0) is 18.1 Å². The summed E-state index contributed by atoms with van der Waals surface area (Å²) in [5.41, 5.74) is 2.38. The van der Waals surface area contributed by atoms with E-state index in [-0.39, 0.29) is 6.61 Å².